The van der Waals surface area contributed by atoms with E-state index >= 15 is 0 Å². The van der Waals surface area contributed by atoms with Crippen molar-refractivity contribution in [2.75, 3.05) is 4.90 Å². The van der Waals surface area contributed by atoms with Gasteiger partial charge < -0.3 is 4.90 Å². The highest BCUT2D eigenvalue weighted by atomic mass is 32.1. The van der Waals surface area contributed by atoms with Crippen molar-refractivity contribution in [3.63, 3.8) is 0 Å². The summed E-state index contributed by atoms with van der Waals surface area (Å²) in [6, 6.07) is 73.5. The average molecular weight is 736 g/mol. The summed E-state index contributed by atoms with van der Waals surface area (Å²) in [6.07, 6.45) is 0. The maximum absolute atomic E-state index is 2.43. The molecule has 2 heterocycles. The highest BCUT2D eigenvalue weighted by Gasteiger charge is 2.19. The van der Waals surface area contributed by atoms with Gasteiger partial charge in [-0.15, -0.1) is 22.7 Å². The Balaban J connectivity index is 1.06. The summed E-state index contributed by atoms with van der Waals surface area (Å²) in [5, 5.41) is 7.76. The molecule has 0 fully saturated rings. The van der Waals surface area contributed by atoms with E-state index in [0.29, 0.717) is 0 Å². The van der Waals surface area contributed by atoms with E-state index in [9.17, 15) is 0 Å². The van der Waals surface area contributed by atoms with Crippen molar-refractivity contribution in [1.29, 1.82) is 0 Å². The molecule has 0 aliphatic rings. The molecule has 2 aromatic heterocycles. The first-order valence-electron chi connectivity index (χ1n) is 18.7. The second kappa shape index (κ2) is 13.1. The maximum atomic E-state index is 2.43. The Hall–Kier alpha value is -6.52. The van der Waals surface area contributed by atoms with E-state index in [0.717, 1.165) is 17.1 Å². The third-order valence-corrected chi connectivity index (χ3v) is 13.2. The van der Waals surface area contributed by atoms with Crippen molar-refractivity contribution < 1.29 is 0 Å². The number of para-hydroxylation sites is 1. The van der Waals surface area contributed by atoms with Gasteiger partial charge in [0.05, 0.1) is 5.69 Å². The van der Waals surface area contributed by atoms with Gasteiger partial charge in [0.2, 0.25) is 0 Å². The zero-order chi connectivity index (χ0) is 36.3. The number of hydrogen-bond acceptors (Lipinski definition) is 3. The zero-order valence-electron chi connectivity index (χ0n) is 29.8. The molecule has 0 saturated heterocycles. The van der Waals surface area contributed by atoms with Crippen LogP contribution in [0.15, 0.2) is 200 Å². The van der Waals surface area contributed by atoms with E-state index in [1.807, 2.05) is 22.7 Å². The number of rotatable bonds is 6. The molecule has 0 bridgehead atoms. The van der Waals surface area contributed by atoms with E-state index in [2.05, 4.69) is 205 Å². The van der Waals surface area contributed by atoms with Gasteiger partial charge in [-0.25, -0.2) is 0 Å². The predicted molar refractivity (Wildman–Crippen MR) is 241 cm³/mol. The fourth-order valence-corrected chi connectivity index (χ4v) is 10.5. The van der Waals surface area contributed by atoms with Gasteiger partial charge in [-0.2, -0.15) is 0 Å². The van der Waals surface area contributed by atoms with Crippen LogP contribution >= 0.6 is 22.7 Å². The van der Waals surface area contributed by atoms with Crippen LogP contribution in [0.2, 0.25) is 0 Å². The number of hydrogen-bond donors (Lipinski definition) is 0. The normalized spacial score (nSPS) is 11.6. The molecular formula is C52H33NS2. The van der Waals surface area contributed by atoms with Crippen LogP contribution in [0.1, 0.15) is 0 Å². The molecule has 0 aliphatic carbocycles. The molecule has 0 saturated carbocycles. The van der Waals surface area contributed by atoms with Crippen molar-refractivity contribution in [3.05, 3.63) is 200 Å². The van der Waals surface area contributed by atoms with Crippen molar-refractivity contribution in [2.45, 2.75) is 0 Å². The largest absolute Gasteiger partial charge is 0.310 e. The van der Waals surface area contributed by atoms with Gasteiger partial charge in [0.15, 0.2) is 0 Å². The summed E-state index contributed by atoms with van der Waals surface area (Å²) in [4.78, 5) is 2.43. The SMILES string of the molecule is c1cc(-c2ccc3sc4ccccc4c3c2)cc(N(c2ccc(-c3ccc4c(c3)sc3ccccc34)cc2)c2ccccc2-c2cccc3ccccc23)c1. The Bertz CT molecular complexity index is 3220. The van der Waals surface area contributed by atoms with Gasteiger partial charge in [0.1, 0.15) is 0 Å². The van der Waals surface area contributed by atoms with Crippen LogP contribution in [-0.2, 0) is 0 Å². The molecule has 0 spiro atoms. The molecule has 1 nitrogen and oxygen atoms in total. The second-order valence-electron chi connectivity index (χ2n) is 14.1. The van der Waals surface area contributed by atoms with Gasteiger partial charge in [0, 0.05) is 57.3 Å². The third kappa shape index (κ3) is 5.51. The second-order valence-corrected chi connectivity index (χ2v) is 16.3. The summed E-state index contributed by atoms with van der Waals surface area (Å²) in [5.41, 5.74) is 10.6. The molecule has 0 aliphatic heterocycles. The number of benzene rings is 9. The fourth-order valence-electron chi connectivity index (χ4n) is 8.22. The molecule has 0 N–H and O–H groups in total. The Kier molecular flexibility index (Phi) is 7.61. The van der Waals surface area contributed by atoms with Crippen molar-refractivity contribution in [1.82, 2.24) is 0 Å². The van der Waals surface area contributed by atoms with Gasteiger partial charge in [-0.1, -0.05) is 140 Å². The van der Waals surface area contributed by atoms with Crippen molar-refractivity contribution >= 4 is 90.9 Å². The summed E-state index contributed by atoms with van der Waals surface area (Å²) in [6.45, 7) is 0. The van der Waals surface area contributed by atoms with Gasteiger partial charge >= 0.3 is 0 Å². The number of anilines is 3. The van der Waals surface area contributed by atoms with E-state index < -0.39 is 0 Å². The molecule has 0 atom stereocenters. The van der Waals surface area contributed by atoms with Crippen molar-refractivity contribution in [3.8, 4) is 33.4 Å². The Morgan fingerprint density at radius 2 is 0.855 bits per heavy atom. The molecule has 258 valence electrons. The topological polar surface area (TPSA) is 3.24 Å². The van der Waals surface area contributed by atoms with Crippen molar-refractivity contribution in [2.24, 2.45) is 0 Å². The Morgan fingerprint density at radius 1 is 0.291 bits per heavy atom. The molecule has 11 aromatic rings. The molecule has 3 heteroatoms. The first-order chi connectivity index (χ1) is 27.2. The molecular weight excluding hydrogens is 703 g/mol. The quantitative estimate of drug-likeness (QED) is 0.164. The Labute approximate surface area is 327 Å². The van der Waals surface area contributed by atoms with E-state index in [1.165, 1.54) is 84.5 Å². The first-order valence-corrected chi connectivity index (χ1v) is 20.3. The number of nitrogens with zero attached hydrogens (tertiary/aromatic N) is 1. The van der Waals surface area contributed by atoms with E-state index in [4.69, 9.17) is 0 Å². The summed E-state index contributed by atoms with van der Waals surface area (Å²) < 4.78 is 5.29. The molecule has 0 unspecified atom stereocenters. The number of thiophene rings is 2. The van der Waals surface area contributed by atoms with E-state index in [1.54, 1.807) is 0 Å². The molecule has 0 amide bonds. The number of fused-ring (bicyclic) bond motifs is 7. The minimum atomic E-state index is 1.11. The maximum Gasteiger partial charge on any atom is 0.0540 e. The lowest BCUT2D eigenvalue weighted by molar-refractivity contribution is 1.28. The summed E-state index contributed by atoms with van der Waals surface area (Å²) in [5.74, 6) is 0. The average Bonchev–Trinajstić information content (AvgIpc) is 3.82. The van der Waals surface area contributed by atoms with Gasteiger partial charge in [-0.05, 0) is 99.3 Å². The van der Waals surface area contributed by atoms with Crippen LogP contribution in [-0.4, -0.2) is 0 Å². The van der Waals surface area contributed by atoms with Gasteiger partial charge in [0.25, 0.3) is 0 Å². The fraction of sp³-hybridized carbons (Fsp3) is 0. The monoisotopic (exact) mass is 735 g/mol. The summed E-state index contributed by atoms with van der Waals surface area (Å²) >= 11 is 3.73. The lowest BCUT2D eigenvalue weighted by Gasteiger charge is -2.29. The van der Waals surface area contributed by atoms with Crippen LogP contribution in [0.3, 0.4) is 0 Å². The standard InChI is InChI=1S/C52H33NS2/c1-2-15-41-35(11-1)12-10-19-42(41)43-16-3-6-20-48(43)53(39-27-23-34(24-28-39)38-25-29-46-44-17-4-7-21-49(44)55-52(46)33-38)40-14-9-13-36(31-40)37-26-30-51-47(32-37)45-18-5-8-22-50(45)54-51/h1-33H. The predicted octanol–water partition coefficient (Wildman–Crippen LogP) is 16.0. The summed E-state index contributed by atoms with van der Waals surface area (Å²) in [7, 11) is 0. The zero-order valence-corrected chi connectivity index (χ0v) is 31.4. The van der Waals surface area contributed by atoms with Gasteiger partial charge in [-0.3, -0.25) is 0 Å². The molecule has 11 rings (SSSR count). The van der Waals surface area contributed by atoms with Crippen LogP contribution in [0, 0.1) is 0 Å². The minimum absolute atomic E-state index is 1.11. The molecule has 9 aromatic carbocycles. The van der Waals surface area contributed by atoms with Crippen LogP contribution < -0.4 is 4.90 Å². The third-order valence-electron chi connectivity index (χ3n) is 10.9. The van der Waals surface area contributed by atoms with Crippen LogP contribution in [0.25, 0.3) is 84.5 Å². The van der Waals surface area contributed by atoms with Crippen LogP contribution in [0.4, 0.5) is 17.1 Å². The lowest BCUT2D eigenvalue weighted by Crippen LogP contribution is -2.11. The molecule has 0 radical (unpaired) electrons. The smallest absolute Gasteiger partial charge is 0.0540 e. The molecule has 55 heavy (non-hydrogen) atoms. The Morgan fingerprint density at radius 3 is 1.71 bits per heavy atom. The first kappa shape index (κ1) is 32.0. The highest BCUT2D eigenvalue weighted by Crippen LogP contribution is 2.45. The van der Waals surface area contributed by atoms with E-state index in [-0.39, 0.29) is 0 Å². The minimum Gasteiger partial charge on any atom is -0.310 e. The lowest BCUT2D eigenvalue weighted by atomic mass is 9.95. The van der Waals surface area contributed by atoms with Crippen LogP contribution in [0.5, 0.6) is 0 Å². The highest BCUT2D eigenvalue weighted by molar-refractivity contribution is 7.26.